The van der Waals surface area contributed by atoms with Crippen molar-refractivity contribution >= 4 is 40.9 Å². The standard InChI is InChI=1S/C24H19Cl2FN4OS/c1-15-2-9-19(10-3-15)31-22(13-28-23(32)17-6-11-20(25)21(26)12-17)29-30-24(31)33-14-16-4-7-18(27)8-5-16/h2-12H,13-14H2,1H3,(H,28,32). The maximum absolute atomic E-state index is 13.2. The van der Waals surface area contributed by atoms with Gasteiger partial charge in [-0.05, 0) is 55.0 Å². The van der Waals surface area contributed by atoms with Crippen LogP contribution in [0.3, 0.4) is 0 Å². The average Bonchev–Trinajstić information content (AvgIpc) is 3.22. The Morgan fingerprint density at radius 2 is 1.73 bits per heavy atom. The minimum Gasteiger partial charge on any atom is -0.345 e. The Kier molecular flexibility index (Phi) is 7.33. The third kappa shape index (κ3) is 5.74. The number of hydrogen-bond donors (Lipinski definition) is 1. The van der Waals surface area contributed by atoms with Crippen molar-refractivity contribution in [1.82, 2.24) is 20.1 Å². The zero-order chi connectivity index (χ0) is 23.4. The van der Waals surface area contributed by atoms with E-state index in [1.54, 1.807) is 24.3 Å². The highest BCUT2D eigenvalue weighted by Crippen LogP contribution is 2.26. The monoisotopic (exact) mass is 500 g/mol. The second kappa shape index (κ2) is 10.4. The average molecular weight is 501 g/mol. The van der Waals surface area contributed by atoms with Crippen molar-refractivity contribution in [3.05, 3.63) is 105 Å². The summed E-state index contributed by atoms with van der Waals surface area (Å²) in [5.74, 6) is 0.605. The summed E-state index contributed by atoms with van der Waals surface area (Å²) in [5.41, 5.74) is 3.37. The first-order chi connectivity index (χ1) is 15.9. The van der Waals surface area contributed by atoms with E-state index in [4.69, 9.17) is 23.2 Å². The molecule has 0 fully saturated rings. The van der Waals surface area contributed by atoms with Crippen LogP contribution in [0.4, 0.5) is 4.39 Å². The van der Waals surface area contributed by atoms with Crippen LogP contribution < -0.4 is 5.32 Å². The highest BCUT2D eigenvalue weighted by molar-refractivity contribution is 7.98. The first kappa shape index (κ1) is 23.3. The molecule has 1 N–H and O–H groups in total. The van der Waals surface area contributed by atoms with Crippen LogP contribution in [0.1, 0.15) is 27.3 Å². The summed E-state index contributed by atoms with van der Waals surface area (Å²) in [6, 6.07) is 19.0. The van der Waals surface area contributed by atoms with Crippen molar-refractivity contribution in [3.8, 4) is 5.69 Å². The zero-order valence-electron chi connectivity index (χ0n) is 17.6. The van der Waals surface area contributed by atoms with E-state index < -0.39 is 0 Å². The largest absolute Gasteiger partial charge is 0.345 e. The van der Waals surface area contributed by atoms with Crippen LogP contribution in [0.2, 0.25) is 10.0 Å². The highest BCUT2D eigenvalue weighted by Gasteiger charge is 2.16. The zero-order valence-corrected chi connectivity index (χ0v) is 19.9. The van der Waals surface area contributed by atoms with E-state index >= 15 is 0 Å². The third-order valence-electron chi connectivity index (χ3n) is 4.86. The summed E-state index contributed by atoms with van der Waals surface area (Å²) in [6.45, 7) is 2.18. The second-order valence-electron chi connectivity index (χ2n) is 7.30. The van der Waals surface area contributed by atoms with Crippen molar-refractivity contribution in [2.45, 2.75) is 24.4 Å². The number of aryl methyl sites for hydroxylation is 1. The van der Waals surface area contributed by atoms with Gasteiger partial charge in [-0.3, -0.25) is 9.36 Å². The Bertz CT molecular complexity index is 1280. The molecule has 0 saturated carbocycles. The van der Waals surface area contributed by atoms with Gasteiger partial charge in [0, 0.05) is 17.0 Å². The fourth-order valence-corrected chi connectivity index (χ4v) is 4.31. The summed E-state index contributed by atoms with van der Waals surface area (Å²) in [5, 5.41) is 12.9. The number of benzene rings is 3. The van der Waals surface area contributed by atoms with Crippen LogP contribution in [0.25, 0.3) is 5.69 Å². The number of nitrogens with one attached hydrogen (secondary N) is 1. The molecule has 1 heterocycles. The molecular formula is C24H19Cl2FN4OS. The molecule has 3 aromatic carbocycles. The molecule has 33 heavy (non-hydrogen) atoms. The number of hydrogen-bond acceptors (Lipinski definition) is 4. The van der Waals surface area contributed by atoms with Crippen molar-refractivity contribution in [2.75, 3.05) is 0 Å². The fraction of sp³-hybridized carbons (Fsp3) is 0.125. The maximum Gasteiger partial charge on any atom is 0.251 e. The predicted octanol–water partition coefficient (Wildman–Crippen LogP) is 6.24. The molecule has 9 heteroatoms. The number of rotatable bonds is 7. The van der Waals surface area contributed by atoms with E-state index in [-0.39, 0.29) is 18.3 Å². The minimum atomic E-state index is -0.299. The van der Waals surface area contributed by atoms with Crippen LogP contribution in [0, 0.1) is 12.7 Å². The van der Waals surface area contributed by atoms with Gasteiger partial charge in [-0.15, -0.1) is 10.2 Å². The molecule has 0 unspecified atom stereocenters. The lowest BCUT2D eigenvalue weighted by molar-refractivity contribution is 0.0949. The predicted molar refractivity (Wildman–Crippen MR) is 130 cm³/mol. The lowest BCUT2D eigenvalue weighted by Gasteiger charge is -2.12. The van der Waals surface area contributed by atoms with Gasteiger partial charge in [0.25, 0.3) is 5.91 Å². The molecule has 5 nitrogen and oxygen atoms in total. The summed E-state index contributed by atoms with van der Waals surface area (Å²) in [4.78, 5) is 12.6. The minimum absolute atomic E-state index is 0.164. The Labute approximate surface area is 204 Å². The number of amides is 1. The molecule has 168 valence electrons. The Morgan fingerprint density at radius 3 is 2.42 bits per heavy atom. The first-order valence-corrected chi connectivity index (χ1v) is 11.8. The molecular weight excluding hydrogens is 482 g/mol. The van der Waals surface area contributed by atoms with Gasteiger partial charge in [0.15, 0.2) is 11.0 Å². The molecule has 0 radical (unpaired) electrons. The maximum atomic E-state index is 13.2. The Balaban J connectivity index is 1.56. The summed E-state index contributed by atoms with van der Waals surface area (Å²) < 4.78 is 15.1. The van der Waals surface area contributed by atoms with Crippen LogP contribution >= 0.6 is 35.0 Å². The molecule has 0 saturated heterocycles. The smallest absolute Gasteiger partial charge is 0.251 e. The number of carbonyl (C=O) groups excluding carboxylic acids is 1. The SMILES string of the molecule is Cc1ccc(-n2c(CNC(=O)c3ccc(Cl)c(Cl)c3)nnc2SCc2ccc(F)cc2)cc1. The fourth-order valence-electron chi connectivity index (χ4n) is 3.09. The molecule has 4 rings (SSSR count). The van der Waals surface area contributed by atoms with Crippen molar-refractivity contribution in [2.24, 2.45) is 0 Å². The van der Waals surface area contributed by atoms with E-state index in [9.17, 15) is 9.18 Å². The normalized spacial score (nSPS) is 10.9. The first-order valence-electron chi connectivity index (χ1n) is 10.0. The lowest BCUT2D eigenvalue weighted by atomic mass is 10.2. The summed E-state index contributed by atoms with van der Waals surface area (Å²) in [7, 11) is 0. The van der Waals surface area contributed by atoms with Crippen molar-refractivity contribution < 1.29 is 9.18 Å². The Hall–Kier alpha value is -2.87. The molecule has 4 aromatic rings. The van der Waals surface area contributed by atoms with E-state index in [0.717, 1.165) is 16.8 Å². The molecule has 0 spiro atoms. The van der Waals surface area contributed by atoms with Gasteiger partial charge < -0.3 is 5.32 Å². The number of aromatic nitrogens is 3. The second-order valence-corrected chi connectivity index (χ2v) is 9.05. The van der Waals surface area contributed by atoms with Gasteiger partial charge in [0.1, 0.15) is 5.82 Å². The Morgan fingerprint density at radius 1 is 1.00 bits per heavy atom. The number of nitrogens with zero attached hydrogens (tertiary/aromatic N) is 3. The third-order valence-corrected chi connectivity index (χ3v) is 6.60. The quantitative estimate of drug-likeness (QED) is 0.305. The van der Waals surface area contributed by atoms with Crippen molar-refractivity contribution in [3.63, 3.8) is 0 Å². The molecule has 1 amide bonds. The van der Waals surface area contributed by atoms with E-state index in [2.05, 4.69) is 15.5 Å². The lowest BCUT2D eigenvalue weighted by Crippen LogP contribution is -2.24. The van der Waals surface area contributed by atoms with Crippen LogP contribution in [-0.2, 0) is 12.3 Å². The van der Waals surface area contributed by atoms with E-state index in [1.807, 2.05) is 35.8 Å². The van der Waals surface area contributed by atoms with Crippen LogP contribution in [0.15, 0.2) is 71.9 Å². The van der Waals surface area contributed by atoms with Gasteiger partial charge in [-0.1, -0.05) is 64.8 Å². The molecule has 0 aliphatic carbocycles. The van der Waals surface area contributed by atoms with Gasteiger partial charge in [0.05, 0.1) is 16.6 Å². The molecule has 0 aliphatic rings. The molecule has 1 aromatic heterocycles. The number of halogens is 3. The van der Waals surface area contributed by atoms with Gasteiger partial charge in [0.2, 0.25) is 0 Å². The summed E-state index contributed by atoms with van der Waals surface area (Å²) >= 11 is 13.4. The van der Waals surface area contributed by atoms with Gasteiger partial charge in [-0.2, -0.15) is 0 Å². The topological polar surface area (TPSA) is 59.8 Å². The molecule has 0 atom stereocenters. The van der Waals surface area contributed by atoms with Gasteiger partial charge in [-0.25, -0.2) is 4.39 Å². The summed E-state index contributed by atoms with van der Waals surface area (Å²) in [6.07, 6.45) is 0. The van der Waals surface area contributed by atoms with Gasteiger partial charge >= 0.3 is 0 Å². The van der Waals surface area contributed by atoms with Crippen LogP contribution in [-0.4, -0.2) is 20.7 Å². The number of carbonyl (C=O) groups is 1. The number of thioether (sulfide) groups is 1. The molecule has 0 bridgehead atoms. The van der Waals surface area contributed by atoms with Crippen molar-refractivity contribution in [1.29, 1.82) is 0 Å². The van der Waals surface area contributed by atoms with E-state index in [1.165, 1.54) is 30.0 Å². The van der Waals surface area contributed by atoms with E-state index in [0.29, 0.717) is 32.3 Å². The highest BCUT2D eigenvalue weighted by atomic mass is 35.5. The molecule has 0 aliphatic heterocycles. The van der Waals surface area contributed by atoms with Crippen LogP contribution in [0.5, 0.6) is 0 Å².